The molecule has 1 N–H and O–H groups in total. The average Bonchev–Trinajstić information content (AvgIpc) is 3.16. The number of nitrogens with one attached hydrogen (secondary N) is 1. The first kappa shape index (κ1) is 18.3. The molecule has 0 bridgehead atoms. The molecule has 1 unspecified atom stereocenters. The average molecular weight is 375 g/mol. The van der Waals surface area contributed by atoms with Crippen LogP contribution in [-0.2, 0) is 9.53 Å². The molecule has 1 atom stereocenters. The van der Waals surface area contributed by atoms with Crippen LogP contribution in [-0.4, -0.2) is 37.7 Å². The van der Waals surface area contributed by atoms with Gasteiger partial charge in [-0.3, -0.25) is 4.79 Å². The summed E-state index contributed by atoms with van der Waals surface area (Å²) in [6.45, 7) is 4.67. The van der Waals surface area contributed by atoms with Crippen LogP contribution in [0.3, 0.4) is 0 Å². The third kappa shape index (κ3) is 4.35. The van der Waals surface area contributed by atoms with Gasteiger partial charge < -0.3 is 19.5 Å². The van der Waals surface area contributed by atoms with Gasteiger partial charge in [0.15, 0.2) is 18.1 Å². The first-order valence-electron chi connectivity index (χ1n) is 8.53. The highest BCUT2D eigenvalue weighted by atomic mass is 32.1. The topological polar surface area (TPSA) is 73.9 Å². The van der Waals surface area contributed by atoms with Crippen LogP contribution < -0.4 is 14.8 Å². The summed E-state index contributed by atoms with van der Waals surface area (Å²) in [7, 11) is 0. The lowest BCUT2D eigenvalue weighted by Gasteiger charge is -2.18. The Bertz CT molecular complexity index is 801. The Morgan fingerprint density at radius 1 is 1.19 bits per heavy atom. The highest BCUT2D eigenvalue weighted by Crippen LogP contribution is 2.36. The maximum Gasteiger partial charge on any atom is 0.348 e. The van der Waals surface area contributed by atoms with Crippen molar-refractivity contribution in [2.45, 2.75) is 26.3 Å². The van der Waals surface area contributed by atoms with E-state index in [1.54, 1.807) is 6.07 Å². The number of esters is 1. The molecule has 1 aliphatic heterocycles. The number of carbonyl (C=O) groups excluding carboxylic acids is 2. The number of benzene rings is 1. The van der Waals surface area contributed by atoms with E-state index < -0.39 is 5.97 Å². The lowest BCUT2D eigenvalue weighted by molar-refractivity contribution is -0.124. The molecule has 7 heteroatoms. The molecule has 0 fully saturated rings. The molecule has 1 aliphatic rings. The van der Waals surface area contributed by atoms with Crippen LogP contribution in [0.15, 0.2) is 30.3 Å². The molecule has 2 heterocycles. The Labute approximate surface area is 156 Å². The number of thiophene rings is 1. The highest BCUT2D eigenvalue weighted by Gasteiger charge is 2.16. The molecular formula is C19H21NO5S. The van der Waals surface area contributed by atoms with Crippen molar-refractivity contribution in [3.8, 4) is 21.9 Å². The fourth-order valence-electron chi connectivity index (χ4n) is 2.42. The fourth-order valence-corrected chi connectivity index (χ4v) is 3.32. The zero-order valence-corrected chi connectivity index (χ0v) is 15.6. The van der Waals surface area contributed by atoms with Gasteiger partial charge in [-0.1, -0.05) is 6.92 Å². The molecule has 138 valence electrons. The highest BCUT2D eigenvalue weighted by molar-refractivity contribution is 7.17. The van der Waals surface area contributed by atoms with Gasteiger partial charge in [-0.25, -0.2) is 4.79 Å². The van der Waals surface area contributed by atoms with Crippen LogP contribution >= 0.6 is 11.3 Å². The van der Waals surface area contributed by atoms with Crippen LogP contribution in [0.4, 0.5) is 0 Å². The first-order chi connectivity index (χ1) is 12.6. The summed E-state index contributed by atoms with van der Waals surface area (Å²) in [5, 5.41) is 2.76. The van der Waals surface area contributed by atoms with E-state index in [0.717, 1.165) is 22.6 Å². The lowest BCUT2D eigenvalue weighted by atomic mass is 10.1. The quantitative estimate of drug-likeness (QED) is 0.785. The van der Waals surface area contributed by atoms with Crippen molar-refractivity contribution >= 4 is 23.2 Å². The largest absolute Gasteiger partial charge is 0.486 e. The SMILES string of the molecule is CCC(C)NC(=O)COC(=O)c1ccc(-c2ccc3c(c2)OCCO3)s1. The van der Waals surface area contributed by atoms with Crippen molar-refractivity contribution in [2.24, 2.45) is 0 Å². The van der Waals surface area contributed by atoms with Crippen molar-refractivity contribution in [1.82, 2.24) is 5.32 Å². The smallest absolute Gasteiger partial charge is 0.348 e. The van der Waals surface area contributed by atoms with Crippen molar-refractivity contribution in [1.29, 1.82) is 0 Å². The number of carbonyl (C=O) groups is 2. The normalized spacial score (nSPS) is 13.8. The predicted octanol–water partition coefficient (Wildman–Crippen LogP) is 3.26. The van der Waals surface area contributed by atoms with Gasteiger partial charge in [-0.05, 0) is 49.2 Å². The molecule has 6 nitrogen and oxygen atoms in total. The van der Waals surface area contributed by atoms with Crippen LogP contribution in [0.5, 0.6) is 11.5 Å². The minimum atomic E-state index is -0.502. The van der Waals surface area contributed by atoms with Gasteiger partial charge in [0.05, 0.1) is 0 Å². The molecule has 0 saturated carbocycles. The summed E-state index contributed by atoms with van der Waals surface area (Å²) in [5.74, 6) is 0.630. The molecule has 1 amide bonds. The van der Waals surface area contributed by atoms with Crippen LogP contribution in [0.2, 0.25) is 0 Å². The summed E-state index contributed by atoms with van der Waals surface area (Å²) in [5.41, 5.74) is 0.938. The fraction of sp³-hybridized carbons (Fsp3) is 0.368. The van der Waals surface area contributed by atoms with E-state index in [9.17, 15) is 9.59 Å². The van der Waals surface area contributed by atoms with Crippen LogP contribution in [0, 0.1) is 0 Å². The summed E-state index contributed by atoms with van der Waals surface area (Å²) in [4.78, 5) is 25.2. The Morgan fingerprint density at radius 2 is 1.96 bits per heavy atom. The number of amides is 1. The number of fused-ring (bicyclic) bond motifs is 1. The molecule has 0 saturated heterocycles. The van der Waals surface area contributed by atoms with Gasteiger partial charge in [-0.15, -0.1) is 11.3 Å². The minimum Gasteiger partial charge on any atom is -0.486 e. The molecule has 3 rings (SSSR count). The van der Waals surface area contributed by atoms with E-state index in [-0.39, 0.29) is 18.6 Å². The number of rotatable bonds is 6. The summed E-state index contributed by atoms with van der Waals surface area (Å²) in [6, 6.07) is 9.30. The number of hydrogen-bond acceptors (Lipinski definition) is 6. The first-order valence-corrected chi connectivity index (χ1v) is 9.35. The zero-order chi connectivity index (χ0) is 18.5. The Morgan fingerprint density at radius 3 is 2.73 bits per heavy atom. The molecule has 0 radical (unpaired) electrons. The van der Waals surface area contributed by atoms with Gasteiger partial charge in [0.2, 0.25) is 0 Å². The Balaban J connectivity index is 1.62. The van der Waals surface area contributed by atoms with Crippen molar-refractivity contribution in [3.63, 3.8) is 0 Å². The third-order valence-corrected chi connectivity index (χ3v) is 5.10. The summed E-state index contributed by atoms with van der Waals surface area (Å²) < 4.78 is 16.2. The van der Waals surface area contributed by atoms with E-state index in [1.165, 1.54) is 11.3 Å². The second-order valence-electron chi connectivity index (χ2n) is 5.98. The minimum absolute atomic E-state index is 0.0600. The molecule has 1 aromatic heterocycles. The van der Waals surface area contributed by atoms with Crippen LogP contribution in [0.25, 0.3) is 10.4 Å². The summed E-state index contributed by atoms with van der Waals surface area (Å²) >= 11 is 1.31. The monoisotopic (exact) mass is 375 g/mol. The third-order valence-electron chi connectivity index (χ3n) is 3.99. The van der Waals surface area contributed by atoms with E-state index in [2.05, 4.69) is 5.32 Å². The van der Waals surface area contributed by atoms with E-state index >= 15 is 0 Å². The lowest BCUT2D eigenvalue weighted by Crippen LogP contribution is -2.35. The van der Waals surface area contributed by atoms with Crippen LogP contribution in [0.1, 0.15) is 29.9 Å². The molecular weight excluding hydrogens is 354 g/mol. The molecule has 1 aromatic carbocycles. The van der Waals surface area contributed by atoms with Gasteiger partial charge in [0.25, 0.3) is 5.91 Å². The van der Waals surface area contributed by atoms with E-state index in [0.29, 0.717) is 23.8 Å². The van der Waals surface area contributed by atoms with E-state index in [1.807, 2.05) is 38.1 Å². The number of hydrogen-bond donors (Lipinski definition) is 1. The van der Waals surface area contributed by atoms with Gasteiger partial charge in [-0.2, -0.15) is 0 Å². The maximum absolute atomic E-state index is 12.1. The standard InChI is InChI=1S/C19H21NO5S/c1-3-12(2)20-18(21)11-25-19(22)17-7-6-16(26-17)13-4-5-14-15(10-13)24-9-8-23-14/h4-7,10,12H,3,8-9,11H2,1-2H3,(H,20,21). The molecule has 0 spiro atoms. The number of ether oxygens (including phenoxy) is 3. The van der Waals surface area contributed by atoms with Gasteiger partial charge in [0, 0.05) is 10.9 Å². The van der Waals surface area contributed by atoms with Gasteiger partial charge >= 0.3 is 5.97 Å². The Kier molecular flexibility index (Phi) is 5.78. The Hall–Kier alpha value is -2.54. The van der Waals surface area contributed by atoms with Crippen molar-refractivity contribution in [3.05, 3.63) is 35.2 Å². The predicted molar refractivity (Wildman–Crippen MR) is 98.9 cm³/mol. The van der Waals surface area contributed by atoms with E-state index in [4.69, 9.17) is 14.2 Å². The van der Waals surface area contributed by atoms with Gasteiger partial charge in [0.1, 0.15) is 18.1 Å². The van der Waals surface area contributed by atoms with Crippen molar-refractivity contribution < 1.29 is 23.8 Å². The molecule has 0 aliphatic carbocycles. The molecule has 26 heavy (non-hydrogen) atoms. The second kappa shape index (κ2) is 8.23. The van der Waals surface area contributed by atoms with Crippen molar-refractivity contribution in [2.75, 3.05) is 19.8 Å². The second-order valence-corrected chi connectivity index (χ2v) is 7.06. The summed E-state index contributed by atoms with van der Waals surface area (Å²) in [6.07, 6.45) is 0.823. The zero-order valence-electron chi connectivity index (χ0n) is 14.7. The molecule has 2 aromatic rings. The maximum atomic E-state index is 12.1.